The molecule has 1 aromatic carbocycles. The molecule has 0 aliphatic heterocycles. The standard InChI is InChI=1S/C18H23BrN4S.HI/c1-11(2)16-10-24-17(22-16)9-21-18(20-3)23-15-8-14(15)12-4-6-13(19)7-5-12;/h4-7,10-11,14-15H,8-9H2,1-3H3,(H2,20,21,23);1H. The van der Waals surface area contributed by atoms with Crippen molar-refractivity contribution in [1.82, 2.24) is 15.6 Å². The van der Waals surface area contributed by atoms with Gasteiger partial charge in [0.25, 0.3) is 0 Å². The summed E-state index contributed by atoms with van der Waals surface area (Å²) in [5, 5.41) is 10.1. The van der Waals surface area contributed by atoms with Crippen LogP contribution in [0.5, 0.6) is 0 Å². The first-order valence-corrected chi connectivity index (χ1v) is 9.91. The van der Waals surface area contributed by atoms with Gasteiger partial charge in [0.05, 0.1) is 12.2 Å². The number of guanidine groups is 1. The van der Waals surface area contributed by atoms with Crippen molar-refractivity contribution >= 4 is 57.2 Å². The highest BCUT2D eigenvalue weighted by Gasteiger charge is 2.38. The molecule has 0 amide bonds. The van der Waals surface area contributed by atoms with Crippen LogP contribution in [-0.2, 0) is 6.54 Å². The first-order valence-electron chi connectivity index (χ1n) is 8.23. The SMILES string of the molecule is CN=C(NCc1nc(C(C)C)cs1)NC1CC1c1ccc(Br)cc1.I. The van der Waals surface area contributed by atoms with Crippen LogP contribution in [0.15, 0.2) is 39.1 Å². The number of hydrogen-bond donors (Lipinski definition) is 2. The fraction of sp³-hybridized carbons (Fsp3) is 0.444. The lowest BCUT2D eigenvalue weighted by atomic mass is 10.1. The highest BCUT2D eigenvalue weighted by atomic mass is 127. The van der Waals surface area contributed by atoms with E-state index in [-0.39, 0.29) is 24.0 Å². The Morgan fingerprint density at radius 2 is 2.08 bits per heavy atom. The molecule has 1 saturated carbocycles. The van der Waals surface area contributed by atoms with E-state index in [1.807, 2.05) is 7.05 Å². The first-order chi connectivity index (χ1) is 11.6. The molecular formula is C18H24BrIN4S. The zero-order valence-corrected chi connectivity index (χ0v) is 19.4. The molecule has 7 heteroatoms. The van der Waals surface area contributed by atoms with E-state index in [1.165, 1.54) is 5.56 Å². The van der Waals surface area contributed by atoms with E-state index in [0.717, 1.165) is 27.6 Å². The normalized spacial score (nSPS) is 19.5. The lowest BCUT2D eigenvalue weighted by Crippen LogP contribution is -2.38. The van der Waals surface area contributed by atoms with Crippen LogP contribution >= 0.6 is 51.2 Å². The third-order valence-electron chi connectivity index (χ3n) is 4.20. The molecule has 25 heavy (non-hydrogen) atoms. The van der Waals surface area contributed by atoms with E-state index in [2.05, 4.69) is 80.0 Å². The molecule has 3 rings (SSSR count). The summed E-state index contributed by atoms with van der Waals surface area (Å²) in [7, 11) is 1.81. The molecule has 0 radical (unpaired) electrons. The monoisotopic (exact) mass is 534 g/mol. The average Bonchev–Trinajstić information content (AvgIpc) is 3.16. The molecule has 0 bridgehead atoms. The van der Waals surface area contributed by atoms with Crippen LogP contribution in [-0.4, -0.2) is 24.0 Å². The van der Waals surface area contributed by atoms with Crippen LogP contribution < -0.4 is 10.6 Å². The molecule has 1 fully saturated rings. The molecule has 1 aliphatic rings. The summed E-state index contributed by atoms with van der Waals surface area (Å²) in [5.74, 6) is 1.90. The topological polar surface area (TPSA) is 49.3 Å². The highest BCUT2D eigenvalue weighted by molar-refractivity contribution is 14.0. The summed E-state index contributed by atoms with van der Waals surface area (Å²) in [6.45, 7) is 5.05. The number of nitrogens with one attached hydrogen (secondary N) is 2. The third-order valence-corrected chi connectivity index (χ3v) is 5.60. The maximum absolute atomic E-state index is 4.65. The molecule has 1 heterocycles. The van der Waals surface area contributed by atoms with Gasteiger partial charge in [-0.25, -0.2) is 4.98 Å². The Bertz CT molecular complexity index is 714. The number of aliphatic imine (C=N–C) groups is 1. The molecule has 136 valence electrons. The summed E-state index contributed by atoms with van der Waals surface area (Å²) in [4.78, 5) is 8.98. The van der Waals surface area contributed by atoms with Crippen molar-refractivity contribution in [2.75, 3.05) is 7.05 Å². The number of hydrogen-bond acceptors (Lipinski definition) is 3. The maximum atomic E-state index is 4.65. The van der Waals surface area contributed by atoms with Crippen molar-refractivity contribution < 1.29 is 0 Å². The van der Waals surface area contributed by atoms with E-state index in [4.69, 9.17) is 0 Å². The van der Waals surface area contributed by atoms with Crippen molar-refractivity contribution in [3.63, 3.8) is 0 Å². The van der Waals surface area contributed by atoms with Crippen LogP contribution in [0.25, 0.3) is 0 Å². The molecular weight excluding hydrogens is 511 g/mol. The Labute approximate surface area is 179 Å². The van der Waals surface area contributed by atoms with Crippen LogP contribution in [0.2, 0.25) is 0 Å². The number of nitrogens with zero attached hydrogens (tertiary/aromatic N) is 2. The maximum Gasteiger partial charge on any atom is 0.191 e. The second kappa shape index (κ2) is 9.32. The molecule has 0 spiro atoms. The summed E-state index contributed by atoms with van der Waals surface area (Å²) < 4.78 is 1.12. The van der Waals surface area contributed by atoms with Gasteiger partial charge >= 0.3 is 0 Å². The van der Waals surface area contributed by atoms with Crippen LogP contribution in [0.1, 0.15) is 48.4 Å². The lowest BCUT2D eigenvalue weighted by molar-refractivity contribution is 0.774. The van der Waals surface area contributed by atoms with Crippen LogP contribution in [0.3, 0.4) is 0 Å². The first kappa shape index (κ1) is 20.6. The summed E-state index contributed by atoms with van der Waals surface area (Å²) >= 11 is 5.19. The van der Waals surface area contributed by atoms with E-state index >= 15 is 0 Å². The zero-order chi connectivity index (χ0) is 17.1. The molecule has 2 N–H and O–H groups in total. The number of thiazole rings is 1. The minimum atomic E-state index is 0. The molecule has 1 aromatic heterocycles. The third kappa shape index (κ3) is 5.65. The molecule has 1 aliphatic carbocycles. The summed E-state index contributed by atoms with van der Waals surface area (Å²) in [5.41, 5.74) is 2.55. The van der Waals surface area contributed by atoms with Gasteiger partial charge < -0.3 is 10.6 Å². The Balaban J connectivity index is 0.00000225. The molecule has 2 atom stereocenters. The molecule has 0 saturated heterocycles. The van der Waals surface area contributed by atoms with Gasteiger partial charge in [-0.05, 0) is 30.0 Å². The second-order valence-corrected chi connectivity index (χ2v) is 8.25. The van der Waals surface area contributed by atoms with Gasteiger partial charge in [-0.15, -0.1) is 35.3 Å². The van der Waals surface area contributed by atoms with Gasteiger partial charge in [0.15, 0.2) is 5.96 Å². The summed E-state index contributed by atoms with van der Waals surface area (Å²) in [6.07, 6.45) is 1.15. The number of halogens is 2. The van der Waals surface area contributed by atoms with E-state index in [9.17, 15) is 0 Å². The van der Waals surface area contributed by atoms with E-state index in [1.54, 1.807) is 11.3 Å². The molecule has 2 unspecified atom stereocenters. The highest BCUT2D eigenvalue weighted by Crippen LogP contribution is 2.40. The van der Waals surface area contributed by atoms with Gasteiger partial charge in [-0.3, -0.25) is 4.99 Å². The van der Waals surface area contributed by atoms with Crippen LogP contribution in [0, 0.1) is 0 Å². The van der Waals surface area contributed by atoms with Gasteiger partial charge in [0.1, 0.15) is 5.01 Å². The minimum absolute atomic E-state index is 0. The van der Waals surface area contributed by atoms with Gasteiger partial charge in [-0.2, -0.15) is 0 Å². The Hall–Kier alpha value is -0.670. The van der Waals surface area contributed by atoms with E-state index < -0.39 is 0 Å². The largest absolute Gasteiger partial charge is 0.353 e. The number of aromatic nitrogens is 1. The minimum Gasteiger partial charge on any atom is -0.353 e. The fourth-order valence-electron chi connectivity index (χ4n) is 2.63. The predicted octanol–water partition coefficient (Wildman–Crippen LogP) is 4.87. The zero-order valence-electron chi connectivity index (χ0n) is 14.6. The fourth-order valence-corrected chi connectivity index (χ4v) is 3.79. The quantitative estimate of drug-likeness (QED) is 0.327. The lowest BCUT2D eigenvalue weighted by Gasteiger charge is -2.11. The second-order valence-electron chi connectivity index (χ2n) is 6.39. The van der Waals surface area contributed by atoms with Crippen LogP contribution in [0.4, 0.5) is 0 Å². The molecule has 2 aromatic rings. The predicted molar refractivity (Wildman–Crippen MR) is 120 cm³/mol. The number of benzene rings is 1. The Morgan fingerprint density at radius 1 is 1.36 bits per heavy atom. The Morgan fingerprint density at radius 3 is 2.68 bits per heavy atom. The van der Waals surface area contributed by atoms with Crippen molar-refractivity contribution in [3.05, 3.63) is 50.4 Å². The van der Waals surface area contributed by atoms with Crippen molar-refractivity contribution in [3.8, 4) is 0 Å². The summed E-state index contributed by atoms with van der Waals surface area (Å²) in [6, 6.07) is 9.05. The van der Waals surface area contributed by atoms with E-state index in [0.29, 0.717) is 24.4 Å². The van der Waals surface area contributed by atoms with Crippen molar-refractivity contribution in [2.24, 2.45) is 4.99 Å². The average molecular weight is 535 g/mol. The molecule has 4 nitrogen and oxygen atoms in total. The van der Waals surface area contributed by atoms with Crippen molar-refractivity contribution in [1.29, 1.82) is 0 Å². The van der Waals surface area contributed by atoms with Gasteiger partial charge in [0, 0.05) is 28.9 Å². The van der Waals surface area contributed by atoms with Gasteiger partial charge in [-0.1, -0.05) is 41.9 Å². The number of rotatable bonds is 5. The van der Waals surface area contributed by atoms with Gasteiger partial charge in [0.2, 0.25) is 0 Å². The van der Waals surface area contributed by atoms with Crippen molar-refractivity contribution in [2.45, 2.75) is 44.7 Å². The smallest absolute Gasteiger partial charge is 0.191 e. The Kier molecular flexibility index (Phi) is 7.69.